The van der Waals surface area contributed by atoms with Crippen LogP contribution >= 0.6 is 11.8 Å². The summed E-state index contributed by atoms with van der Waals surface area (Å²) in [5, 5.41) is 3.45. The Labute approximate surface area is 196 Å². The van der Waals surface area contributed by atoms with Gasteiger partial charge in [-0.2, -0.15) is 0 Å². The van der Waals surface area contributed by atoms with E-state index in [0.717, 1.165) is 54.3 Å². The zero-order valence-corrected chi connectivity index (χ0v) is 21.0. The summed E-state index contributed by atoms with van der Waals surface area (Å²) in [6.07, 6.45) is 7.14. The van der Waals surface area contributed by atoms with Crippen LogP contribution in [0.5, 0.6) is 11.5 Å². The van der Waals surface area contributed by atoms with Crippen LogP contribution in [-0.4, -0.2) is 53.4 Å². The minimum atomic E-state index is -0.307. The summed E-state index contributed by atoms with van der Waals surface area (Å²) >= 11 is 1.70. The fraction of sp³-hybridized carbons (Fsp3) is 0.577. The summed E-state index contributed by atoms with van der Waals surface area (Å²) < 4.78 is 12.1. The number of carbonyl (C=O) groups is 1. The van der Waals surface area contributed by atoms with E-state index in [9.17, 15) is 4.79 Å². The van der Waals surface area contributed by atoms with Gasteiger partial charge in [-0.25, -0.2) is 0 Å². The Morgan fingerprint density at radius 2 is 1.88 bits per heavy atom. The number of nitrogens with one attached hydrogen (secondary N) is 1. The van der Waals surface area contributed by atoms with Crippen molar-refractivity contribution in [1.29, 1.82) is 0 Å². The van der Waals surface area contributed by atoms with Crippen molar-refractivity contribution in [2.45, 2.75) is 76.3 Å². The first-order chi connectivity index (χ1) is 15.2. The third-order valence-electron chi connectivity index (χ3n) is 6.79. The molecule has 1 atom stereocenters. The van der Waals surface area contributed by atoms with Gasteiger partial charge in [-0.1, -0.05) is 12.1 Å². The Morgan fingerprint density at radius 3 is 2.50 bits per heavy atom. The molecule has 1 spiro atoms. The fourth-order valence-electron chi connectivity index (χ4n) is 5.23. The van der Waals surface area contributed by atoms with Crippen molar-refractivity contribution >= 4 is 23.2 Å². The molecule has 0 bridgehead atoms. The number of piperidine rings is 1. The number of methoxy groups -OCH3 is 1. The first-order valence-corrected chi connectivity index (χ1v) is 12.5. The molecule has 0 radical (unpaired) electrons. The number of thioether (sulfide) groups is 1. The Kier molecular flexibility index (Phi) is 6.38. The number of amides is 1. The van der Waals surface area contributed by atoms with E-state index in [1.54, 1.807) is 18.9 Å². The molecule has 0 aliphatic carbocycles. The van der Waals surface area contributed by atoms with Crippen LogP contribution in [-0.2, 0) is 4.79 Å². The molecule has 6 heteroatoms. The molecule has 1 N–H and O–H groups in total. The van der Waals surface area contributed by atoms with E-state index in [4.69, 9.17) is 9.47 Å². The van der Waals surface area contributed by atoms with Crippen molar-refractivity contribution in [2.75, 3.05) is 20.2 Å². The first kappa shape index (κ1) is 23.2. The molecule has 1 amide bonds. The zero-order valence-electron chi connectivity index (χ0n) is 20.2. The normalized spacial score (nSPS) is 24.1. The number of rotatable bonds is 5. The Hall–Kier alpha value is -1.92. The Bertz CT molecular complexity index is 938. The number of hydrogen-bond acceptors (Lipinski definition) is 5. The maximum absolute atomic E-state index is 13.4. The lowest BCUT2D eigenvalue weighted by atomic mass is 9.80. The predicted octanol–water partition coefficient (Wildman–Crippen LogP) is 5.02. The molecule has 1 unspecified atom stereocenters. The van der Waals surface area contributed by atoms with E-state index in [2.05, 4.69) is 58.2 Å². The van der Waals surface area contributed by atoms with Crippen LogP contribution in [0.2, 0.25) is 0 Å². The molecule has 3 heterocycles. The minimum Gasteiger partial charge on any atom is -0.496 e. The molecule has 4 rings (SSSR count). The van der Waals surface area contributed by atoms with Crippen molar-refractivity contribution in [3.05, 3.63) is 40.8 Å². The van der Waals surface area contributed by atoms with E-state index < -0.39 is 0 Å². The van der Waals surface area contributed by atoms with Crippen LogP contribution in [0.4, 0.5) is 0 Å². The summed E-state index contributed by atoms with van der Waals surface area (Å²) in [7, 11) is 1.71. The molecule has 3 aliphatic rings. The molecule has 1 aromatic rings. The van der Waals surface area contributed by atoms with Crippen molar-refractivity contribution in [1.82, 2.24) is 10.2 Å². The molecular weight excluding hydrogens is 420 g/mol. The van der Waals surface area contributed by atoms with Crippen molar-refractivity contribution in [2.24, 2.45) is 0 Å². The molecule has 174 valence electrons. The van der Waals surface area contributed by atoms with Crippen LogP contribution in [0.3, 0.4) is 0 Å². The summed E-state index contributed by atoms with van der Waals surface area (Å²) in [6, 6.07) is 6.37. The molecule has 1 aromatic carbocycles. The van der Waals surface area contributed by atoms with Gasteiger partial charge in [0.2, 0.25) is 0 Å². The van der Waals surface area contributed by atoms with Crippen LogP contribution in [0, 0.1) is 0 Å². The largest absolute Gasteiger partial charge is 0.496 e. The zero-order chi connectivity index (χ0) is 23.1. The lowest BCUT2D eigenvalue weighted by Crippen LogP contribution is -2.47. The van der Waals surface area contributed by atoms with E-state index in [-0.39, 0.29) is 28.3 Å². The summed E-state index contributed by atoms with van der Waals surface area (Å²) in [5.74, 6) is 1.84. The highest BCUT2D eigenvalue weighted by atomic mass is 32.2. The first-order valence-electron chi connectivity index (χ1n) is 11.7. The highest BCUT2D eigenvalue weighted by Gasteiger charge is 2.46. The number of carbonyl (C=O) groups excluding carboxylic acids is 1. The second kappa shape index (κ2) is 8.79. The summed E-state index contributed by atoms with van der Waals surface area (Å²) in [6.45, 7) is 12.5. The van der Waals surface area contributed by atoms with Crippen LogP contribution in [0.15, 0.2) is 35.3 Å². The standard InChI is InChI=1S/C26H36N2O3S/c1-17(2)28(18(3)4)24(29)22-10-11-25(5,32-22)19-16-26(12-14-27-15-13-26)31-21-9-7-8-20(30-6)23(19)21/h7-10,16-18,27H,11-15H2,1-6H3. The minimum absolute atomic E-state index is 0.133. The van der Waals surface area contributed by atoms with Crippen molar-refractivity contribution in [3.8, 4) is 11.5 Å². The van der Waals surface area contributed by atoms with Gasteiger partial charge in [-0.3, -0.25) is 4.79 Å². The highest BCUT2D eigenvalue weighted by Crippen LogP contribution is 2.56. The SMILES string of the molecule is COc1cccc2c1C(C1(C)CC=C(C(=O)N(C(C)C)C(C)C)S1)=CC1(CCNCC1)O2. The second-order valence-electron chi connectivity index (χ2n) is 9.81. The molecule has 0 aromatic heterocycles. The van der Waals surface area contributed by atoms with Gasteiger partial charge in [0.05, 0.1) is 17.6 Å². The Morgan fingerprint density at radius 1 is 1.19 bits per heavy atom. The van der Waals surface area contributed by atoms with Gasteiger partial charge in [0.25, 0.3) is 5.91 Å². The van der Waals surface area contributed by atoms with Gasteiger partial charge in [-0.05, 0) is 77.9 Å². The quantitative estimate of drug-likeness (QED) is 0.674. The van der Waals surface area contributed by atoms with Gasteiger partial charge < -0.3 is 19.7 Å². The maximum Gasteiger partial charge on any atom is 0.260 e. The number of hydrogen-bond donors (Lipinski definition) is 1. The van der Waals surface area contributed by atoms with Crippen LogP contribution in [0.1, 0.15) is 59.4 Å². The lowest BCUT2D eigenvalue weighted by Gasteiger charge is -2.43. The van der Waals surface area contributed by atoms with E-state index in [0.29, 0.717) is 0 Å². The van der Waals surface area contributed by atoms with Gasteiger partial charge in [-0.15, -0.1) is 11.8 Å². The number of nitrogens with zero attached hydrogens (tertiary/aromatic N) is 1. The van der Waals surface area contributed by atoms with E-state index in [1.165, 1.54) is 5.57 Å². The predicted molar refractivity (Wildman–Crippen MR) is 132 cm³/mol. The van der Waals surface area contributed by atoms with Crippen LogP contribution < -0.4 is 14.8 Å². The molecule has 1 fully saturated rings. The number of benzene rings is 1. The van der Waals surface area contributed by atoms with Crippen molar-refractivity contribution < 1.29 is 14.3 Å². The van der Waals surface area contributed by atoms with Crippen LogP contribution in [0.25, 0.3) is 5.57 Å². The molecule has 1 saturated heterocycles. The van der Waals surface area contributed by atoms with E-state index in [1.807, 2.05) is 17.0 Å². The van der Waals surface area contributed by atoms with Gasteiger partial charge in [0.15, 0.2) is 0 Å². The third kappa shape index (κ3) is 4.08. The monoisotopic (exact) mass is 456 g/mol. The lowest BCUT2D eigenvalue weighted by molar-refractivity contribution is -0.129. The molecule has 32 heavy (non-hydrogen) atoms. The number of allylic oxidation sites excluding steroid dienone is 1. The number of ether oxygens (including phenoxy) is 2. The molecule has 5 nitrogen and oxygen atoms in total. The third-order valence-corrected chi connectivity index (χ3v) is 8.19. The fourth-order valence-corrected chi connectivity index (χ4v) is 6.51. The summed E-state index contributed by atoms with van der Waals surface area (Å²) in [4.78, 5) is 16.2. The number of fused-ring (bicyclic) bond motifs is 1. The molecule has 3 aliphatic heterocycles. The average molecular weight is 457 g/mol. The maximum atomic E-state index is 13.4. The second-order valence-corrected chi connectivity index (χ2v) is 11.4. The van der Waals surface area contributed by atoms with E-state index >= 15 is 0 Å². The van der Waals surface area contributed by atoms with Crippen molar-refractivity contribution in [3.63, 3.8) is 0 Å². The van der Waals surface area contributed by atoms with Gasteiger partial charge in [0.1, 0.15) is 17.1 Å². The van der Waals surface area contributed by atoms with Gasteiger partial charge >= 0.3 is 0 Å². The smallest absolute Gasteiger partial charge is 0.260 e. The topological polar surface area (TPSA) is 50.8 Å². The average Bonchev–Trinajstić information content (AvgIpc) is 3.16. The Balaban J connectivity index is 1.72. The summed E-state index contributed by atoms with van der Waals surface area (Å²) in [5.41, 5.74) is 1.95. The molecule has 0 saturated carbocycles. The molecular formula is C26H36N2O3S. The van der Waals surface area contributed by atoms with Gasteiger partial charge in [0, 0.05) is 29.7 Å². The highest BCUT2D eigenvalue weighted by molar-refractivity contribution is 8.06.